The van der Waals surface area contributed by atoms with Crippen molar-refractivity contribution in [2.45, 2.75) is 30.9 Å². The van der Waals surface area contributed by atoms with E-state index in [2.05, 4.69) is 0 Å². The fourth-order valence-electron chi connectivity index (χ4n) is 1.17. The number of hydrogen-bond acceptors (Lipinski definition) is 5. The van der Waals surface area contributed by atoms with E-state index in [1.807, 2.05) is 0 Å². The summed E-state index contributed by atoms with van der Waals surface area (Å²) in [5.74, 6) is 0. The highest BCUT2D eigenvalue weighted by molar-refractivity contribution is 7.72. The van der Waals surface area contributed by atoms with Crippen molar-refractivity contribution in [2.24, 2.45) is 5.73 Å². The summed E-state index contributed by atoms with van der Waals surface area (Å²) in [6.45, 7) is 1.39. The molecule has 0 aromatic rings. The molecule has 0 aromatic carbocycles. The lowest BCUT2D eigenvalue weighted by molar-refractivity contribution is 0.105. The standard InChI is InChI=1S/C6H16N2O7P2/c1-4(7)2-3-5(8)6(9,16(10,11)12)17(13,14)15/h5,7,9H,2-3,8H2,1H3,(H2,10,11,12)(H2,13,14,15). The molecule has 0 fully saturated rings. The first-order valence-electron chi connectivity index (χ1n) is 4.47. The molecule has 0 rings (SSSR count). The van der Waals surface area contributed by atoms with E-state index < -0.39 is 26.3 Å². The van der Waals surface area contributed by atoms with Gasteiger partial charge in [-0.05, 0) is 19.8 Å². The molecule has 9 nitrogen and oxygen atoms in total. The Hall–Kier alpha value is -0.110. The smallest absolute Gasteiger partial charge is 0.366 e. The van der Waals surface area contributed by atoms with Crippen molar-refractivity contribution in [1.29, 1.82) is 5.41 Å². The Morgan fingerprint density at radius 2 is 1.65 bits per heavy atom. The minimum atomic E-state index is -5.53. The molecule has 1 unspecified atom stereocenters. The molecule has 0 spiro atoms. The summed E-state index contributed by atoms with van der Waals surface area (Å²) < 4.78 is 22.0. The second-order valence-electron chi connectivity index (χ2n) is 3.70. The van der Waals surface area contributed by atoms with Crippen LogP contribution in [0.5, 0.6) is 0 Å². The minimum Gasteiger partial charge on any atom is -0.366 e. The Kier molecular flexibility index (Phi) is 5.22. The molecule has 1 atom stereocenters. The van der Waals surface area contributed by atoms with Crippen molar-refractivity contribution in [1.82, 2.24) is 0 Å². The molecular formula is C6H16N2O7P2. The van der Waals surface area contributed by atoms with Gasteiger partial charge in [0, 0.05) is 5.71 Å². The maximum Gasteiger partial charge on any atom is 0.371 e. The largest absolute Gasteiger partial charge is 0.371 e. The summed E-state index contributed by atoms with van der Waals surface area (Å²) in [7, 11) is -11.1. The van der Waals surface area contributed by atoms with E-state index in [0.29, 0.717) is 0 Å². The fourth-order valence-corrected chi connectivity index (χ4v) is 3.65. The van der Waals surface area contributed by atoms with Crippen LogP contribution in [-0.4, -0.2) is 41.5 Å². The average molecular weight is 290 g/mol. The van der Waals surface area contributed by atoms with Gasteiger partial charge < -0.3 is 35.8 Å². The highest BCUT2D eigenvalue weighted by Gasteiger charge is 2.63. The van der Waals surface area contributed by atoms with E-state index in [4.69, 9.17) is 30.7 Å². The maximum absolute atomic E-state index is 11.0. The SMILES string of the molecule is CC(=N)CCC(N)C(O)(P(=O)(O)O)P(=O)(O)O. The van der Waals surface area contributed by atoms with Crippen LogP contribution in [-0.2, 0) is 9.13 Å². The Balaban J connectivity index is 5.30. The highest BCUT2D eigenvalue weighted by Crippen LogP contribution is 2.68. The molecule has 0 heterocycles. The first kappa shape index (κ1) is 16.9. The predicted molar refractivity (Wildman–Crippen MR) is 59.6 cm³/mol. The van der Waals surface area contributed by atoms with Crippen LogP contribution in [0.25, 0.3) is 0 Å². The van der Waals surface area contributed by atoms with Crippen molar-refractivity contribution in [3.63, 3.8) is 0 Å². The summed E-state index contributed by atoms with van der Waals surface area (Å²) in [6.07, 6.45) is -0.370. The molecule has 0 aliphatic carbocycles. The normalized spacial score (nSPS) is 15.7. The molecule has 0 aliphatic rings. The third-order valence-corrected chi connectivity index (χ3v) is 6.13. The van der Waals surface area contributed by atoms with Gasteiger partial charge >= 0.3 is 15.2 Å². The third kappa shape index (κ3) is 3.67. The van der Waals surface area contributed by atoms with Gasteiger partial charge in [0.25, 0.3) is 5.08 Å². The van der Waals surface area contributed by atoms with Gasteiger partial charge in [0.15, 0.2) is 0 Å². The molecule has 0 saturated heterocycles. The molecule has 0 aliphatic heterocycles. The van der Waals surface area contributed by atoms with Crippen molar-refractivity contribution in [3.8, 4) is 0 Å². The maximum atomic E-state index is 11.0. The van der Waals surface area contributed by atoms with Gasteiger partial charge in [-0.3, -0.25) is 9.13 Å². The lowest BCUT2D eigenvalue weighted by Gasteiger charge is -2.34. The molecule has 17 heavy (non-hydrogen) atoms. The Labute approximate surface area is 97.5 Å². The molecule has 0 aromatic heterocycles. The fraction of sp³-hybridized carbons (Fsp3) is 0.833. The summed E-state index contributed by atoms with van der Waals surface area (Å²) >= 11 is 0. The quantitative estimate of drug-likeness (QED) is 0.243. The second kappa shape index (κ2) is 5.26. The third-order valence-electron chi connectivity index (χ3n) is 2.19. The van der Waals surface area contributed by atoms with Gasteiger partial charge in [-0.25, -0.2) is 0 Å². The molecule has 11 heteroatoms. The van der Waals surface area contributed by atoms with Crippen molar-refractivity contribution in [2.75, 3.05) is 0 Å². The number of nitrogens with one attached hydrogen (secondary N) is 1. The molecule has 0 bridgehead atoms. The van der Waals surface area contributed by atoms with E-state index >= 15 is 0 Å². The van der Waals surface area contributed by atoms with E-state index in [9.17, 15) is 14.2 Å². The summed E-state index contributed by atoms with van der Waals surface area (Å²) in [6, 6.07) is -1.84. The average Bonchev–Trinajstić information content (AvgIpc) is 2.08. The number of rotatable bonds is 6. The van der Waals surface area contributed by atoms with Crippen LogP contribution in [0.4, 0.5) is 0 Å². The molecule has 0 radical (unpaired) electrons. The van der Waals surface area contributed by atoms with Crippen LogP contribution < -0.4 is 5.73 Å². The van der Waals surface area contributed by atoms with Gasteiger partial charge in [-0.1, -0.05) is 0 Å². The zero-order valence-corrected chi connectivity index (χ0v) is 10.8. The minimum absolute atomic E-state index is 0.0382. The lowest BCUT2D eigenvalue weighted by Crippen LogP contribution is -2.47. The van der Waals surface area contributed by atoms with E-state index in [1.165, 1.54) is 6.92 Å². The monoisotopic (exact) mass is 290 g/mol. The molecule has 0 amide bonds. The van der Waals surface area contributed by atoms with Crippen molar-refractivity contribution in [3.05, 3.63) is 0 Å². The van der Waals surface area contributed by atoms with Gasteiger partial charge in [0.1, 0.15) is 0 Å². The Morgan fingerprint density at radius 3 is 1.88 bits per heavy atom. The first-order chi connectivity index (χ1) is 7.34. The zero-order valence-electron chi connectivity index (χ0n) is 9.02. The van der Waals surface area contributed by atoms with Gasteiger partial charge in [0.2, 0.25) is 0 Å². The second-order valence-corrected chi connectivity index (χ2v) is 7.59. The van der Waals surface area contributed by atoms with E-state index in [0.717, 1.165) is 0 Å². The van der Waals surface area contributed by atoms with Gasteiger partial charge in [0.05, 0.1) is 6.04 Å². The van der Waals surface area contributed by atoms with Crippen LogP contribution in [0.2, 0.25) is 0 Å². The van der Waals surface area contributed by atoms with Gasteiger partial charge in [-0.2, -0.15) is 0 Å². The summed E-state index contributed by atoms with van der Waals surface area (Å²) in [4.78, 5) is 35.4. The molecular weight excluding hydrogens is 274 g/mol. The Morgan fingerprint density at radius 1 is 1.29 bits per heavy atom. The zero-order chi connectivity index (χ0) is 14.1. The molecule has 102 valence electrons. The van der Waals surface area contributed by atoms with Crippen LogP contribution in [0.1, 0.15) is 19.8 Å². The van der Waals surface area contributed by atoms with Gasteiger partial charge in [-0.15, -0.1) is 0 Å². The molecule has 8 N–H and O–H groups in total. The topological polar surface area (TPSA) is 185 Å². The van der Waals surface area contributed by atoms with Crippen molar-refractivity contribution < 1.29 is 33.8 Å². The highest BCUT2D eigenvalue weighted by atomic mass is 31.2. The van der Waals surface area contributed by atoms with Crippen LogP contribution >= 0.6 is 15.2 Å². The number of aliphatic hydroxyl groups is 1. The van der Waals surface area contributed by atoms with E-state index in [-0.39, 0.29) is 18.6 Å². The number of hydrogen-bond donors (Lipinski definition) is 7. The Bertz CT molecular complexity index is 364. The predicted octanol–water partition coefficient (Wildman–Crippen LogP) is -0.865. The van der Waals surface area contributed by atoms with Crippen LogP contribution in [0.15, 0.2) is 0 Å². The van der Waals surface area contributed by atoms with Crippen molar-refractivity contribution >= 4 is 20.9 Å². The number of nitrogens with two attached hydrogens (primary N) is 1. The lowest BCUT2D eigenvalue weighted by atomic mass is 10.1. The summed E-state index contributed by atoms with van der Waals surface area (Å²) in [5, 5.41) is 13.0. The first-order valence-corrected chi connectivity index (χ1v) is 7.69. The van der Waals surface area contributed by atoms with Crippen LogP contribution in [0, 0.1) is 5.41 Å². The molecule has 0 saturated carbocycles. The van der Waals surface area contributed by atoms with E-state index in [1.54, 1.807) is 0 Å². The van der Waals surface area contributed by atoms with Crippen LogP contribution in [0.3, 0.4) is 0 Å². The summed E-state index contributed by atoms with van der Waals surface area (Å²) in [5.41, 5.74) is 5.35.